The van der Waals surface area contributed by atoms with E-state index in [1.54, 1.807) is 0 Å². The first-order valence-corrected chi connectivity index (χ1v) is 6.37. The van der Waals surface area contributed by atoms with Crippen molar-refractivity contribution in [2.75, 3.05) is 5.32 Å². The molecule has 0 spiro atoms. The van der Waals surface area contributed by atoms with Gasteiger partial charge in [-0.2, -0.15) is 0 Å². The van der Waals surface area contributed by atoms with Gasteiger partial charge >= 0.3 is 0 Å². The van der Waals surface area contributed by atoms with Gasteiger partial charge in [0, 0.05) is 11.5 Å². The summed E-state index contributed by atoms with van der Waals surface area (Å²) in [5.41, 5.74) is 0.823. The average molecular weight is 294 g/mol. The maximum absolute atomic E-state index is 13.6. The molecule has 2 aromatic carbocycles. The fraction of sp³-hybridized carbons (Fsp3) is 0.0667. The van der Waals surface area contributed by atoms with E-state index < -0.39 is 11.6 Å². The van der Waals surface area contributed by atoms with E-state index in [1.165, 1.54) is 0 Å². The molecule has 0 saturated carbocycles. The van der Waals surface area contributed by atoms with Crippen LogP contribution >= 0.6 is 11.6 Å². The van der Waals surface area contributed by atoms with Crippen LogP contribution in [0.15, 0.2) is 46.9 Å². The van der Waals surface area contributed by atoms with Crippen LogP contribution in [0.3, 0.4) is 0 Å². The SMILES string of the molecule is Fc1cc(F)c(NCc2cc3ccccc3o2)c(Cl)c1. The van der Waals surface area contributed by atoms with Gasteiger partial charge in [0.1, 0.15) is 17.2 Å². The minimum atomic E-state index is -0.730. The van der Waals surface area contributed by atoms with Gasteiger partial charge in [-0.1, -0.05) is 29.8 Å². The van der Waals surface area contributed by atoms with E-state index >= 15 is 0 Å². The predicted molar refractivity (Wildman–Crippen MR) is 74.9 cm³/mol. The molecule has 0 aliphatic carbocycles. The van der Waals surface area contributed by atoms with Crippen LogP contribution in [-0.2, 0) is 6.54 Å². The fourth-order valence-corrected chi connectivity index (χ4v) is 2.27. The van der Waals surface area contributed by atoms with Crippen LogP contribution in [0.5, 0.6) is 0 Å². The molecule has 0 radical (unpaired) electrons. The van der Waals surface area contributed by atoms with Gasteiger partial charge in [-0.3, -0.25) is 0 Å². The average Bonchev–Trinajstić information content (AvgIpc) is 2.80. The largest absolute Gasteiger partial charge is 0.459 e. The van der Waals surface area contributed by atoms with E-state index in [-0.39, 0.29) is 17.3 Å². The van der Waals surface area contributed by atoms with Crippen molar-refractivity contribution in [2.24, 2.45) is 0 Å². The lowest BCUT2D eigenvalue weighted by molar-refractivity contribution is 0.556. The summed E-state index contributed by atoms with van der Waals surface area (Å²) in [5, 5.41) is 3.78. The molecule has 5 heteroatoms. The Morgan fingerprint density at radius 3 is 2.65 bits per heavy atom. The molecule has 3 rings (SSSR count). The zero-order chi connectivity index (χ0) is 14.1. The highest BCUT2D eigenvalue weighted by atomic mass is 35.5. The molecule has 1 aromatic heterocycles. The molecule has 0 aliphatic rings. The number of furan rings is 1. The maximum Gasteiger partial charge on any atom is 0.150 e. The lowest BCUT2D eigenvalue weighted by atomic mass is 10.2. The van der Waals surface area contributed by atoms with E-state index in [0.717, 1.165) is 23.1 Å². The van der Waals surface area contributed by atoms with E-state index in [1.807, 2.05) is 30.3 Å². The summed E-state index contributed by atoms with van der Waals surface area (Å²) in [6, 6.07) is 11.3. The smallest absolute Gasteiger partial charge is 0.150 e. The second-order valence-corrected chi connectivity index (χ2v) is 4.76. The van der Waals surface area contributed by atoms with Crippen LogP contribution in [0.4, 0.5) is 14.5 Å². The summed E-state index contributed by atoms with van der Waals surface area (Å²) >= 11 is 5.81. The molecule has 0 aliphatic heterocycles. The third-order valence-electron chi connectivity index (χ3n) is 2.92. The van der Waals surface area contributed by atoms with Crippen molar-refractivity contribution in [3.05, 3.63) is 64.9 Å². The van der Waals surface area contributed by atoms with Gasteiger partial charge in [-0.25, -0.2) is 8.78 Å². The van der Waals surface area contributed by atoms with Crippen LogP contribution in [0, 0.1) is 11.6 Å². The van der Waals surface area contributed by atoms with Gasteiger partial charge in [-0.15, -0.1) is 0 Å². The maximum atomic E-state index is 13.6. The molecular weight excluding hydrogens is 284 g/mol. The standard InChI is InChI=1S/C15H10ClF2NO/c16-12-6-10(17)7-13(18)15(12)19-8-11-5-9-3-1-2-4-14(9)20-11/h1-7,19H,8H2. The summed E-state index contributed by atoms with van der Waals surface area (Å²) in [6.45, 7) is 0.261. The first-order chi connectivity index (χ1) is 9.63. The molecule has 1 N–H and O–H groups in total. The fourth-order valence-electron chi connectivity index (χ4n) is 2.01. The first-order valence-electron chi connectivity index (χ1n) is 5.99. The Morgan fingerprint density at radius 2 is 1.90 bits per heavy atom. The molecule has 0 amide bonds. The number of para-hydroxylation sites is 1. The Bertz CT molecular complexity index is 713. The quantitative estimate of drug-likeness (QED) is 0.737. The van der Waals surface area contributed by atoms with E-state index in [2.05, 4.69) is 5.32 Å². The van der Waals surface area contributed by atoms with Crippen LogP contribution in [-0.4, -0.2) is 0 Å². The number of nitrogens with one attached hydrogen (secondary N) is 1. The van der Waals surface area contributed by atoms with Crippen molar-refractivity contribution in [1.29, 1.82) is 0 Å². The number of hydrogen-bond acceptors (Lipinski definition) is 2. The monoisotopic (exact) mass is 293 g/mol. The Balaban J connectivity index is 1.83. The highest BCUT2D eigenvalue weighted by Gasteiger charge is 2.10. The Hall–Kier alpha value is -2.07. The number of benzene rings is 2. The molecule has 2 nitrogen and oxygen atoms in total. The normalized spacial score (nSPS) is 10.9. The summed E-state index contributed by atoms with van der Waals surface area (Å²) in [6.07, 6.45) is 0. The topological polar surface area (TPSA) is 25.2 Å². The Labute approximate surface area is 119 Å². The summed E-state index contributed by atoms with van der Waals surface area (Å²) < 4.78 is 32.1. The molecule has 0 atom stereocenters. The minimum Gasteiger partial charge on any atom is -0.459 e. The molecule has 1 heterocycles. The van der Waals surface area contributed by atoms with E-state index in [4.69, 9.17) is 16.0 Å². The number of hydrogen-bond donors (Lipinski definition) is 1. The Kier molecular flexibility index (Phi) is 3.32. The van der Waals surface area contributed by atoms with Crippen molar-refractivity contribution in [3.63, 3.8) is 0 Å². The molecule has 3 aromatic rings. The lowest BCUT2D eigenvalue weighted by Gasteiger charge is -2.08. The zero-order valence-electron chi connectivity index (χ0n) is 10.3. The van der Waals surface area contributed by atoms with Crippen molar-refractivity contribution in [2.45, 2.75) is 6.54 Å². The van der Waals surface area contributed by atoms with E-state index in [9.17, 15) is 8.78 Å². The molecule has 20 heavy (non-hydrogen) atoms. The second-order valence-electron chi connectivity index (χ2n) is 4.35. The van der Waals surface area contributed by atoms with Crippen molar-refractivity contribution in [3.8, 4) is 0 Å². The minimum absolute atomic E-state index is 0.00129. The lowest BCUT2D eigenvalue weighted by Crippen LogP contribution is -2.01. The van der Waals surface area contributed by atoms with Gasteiger partial charge in [-0.05, 0) is 18.2 Å². The second kappa shape index (κ2) is 5.13. The molecular formula is C15H10ClF2NO. The van der Waals surface area contributed by atoms with Gasteiger partial charge in [0.2, 0.25) is 0 Å². The summed E-state index contributed by atoms with van der Waals surface area (Å²) in [4.78, 5) is 0. The van der Waals surface area contributed by atoms with Crippen molar-refractivity contribution < 1.29 is 13.2 Å². The Morgan fingerprint density at radius 1 is 1.10 bits per heavy atom. The molecule has 0 bridgehead atoms. The van der Waals surface area contributed by atoms with Crippen LogP contribution in [0.1, 0.15) is 5.76 Å². The van der Waals surface area contributed by atoms with Crippen LogP contribution in [0.2, 0.25) is 5.02 Å². The number of fused-ring (bicyclic) bond motifs is 1. The third-order valence-corrected chi connectivity index (χ3v) is 3.22. The van der Waals surface area contributed by atoms with Gasteiger partial charge in [0.25, 0.3) is 0 Å². The number of anilines is 1. The molecule has 0 fully saturated rings. The molecule has 0 unspecified atom stereocenters. The number of halogens is 3. The molecule has 0 saturated heterocycles. The molecule has 102 valence electrons. The van der Waals surface area contributed by atoms with Gasteiger partial charge < -0.3 is 9.73 Å². The van der Waals surface area contributed by atoms with Crippen LogP contribution < -0.4 is 5.32 Å². The zero-order valence-corrected chi connectivity index (χ0v) is 11.0. The predicted octanol–water partition coefficient (Wildman–Crippen LogP) is 4.98. The summed E-state index contributed by atoms with van der Waals surface area (Å²) in [5.74, 6) is -0.793. The van der Waals surface area contributed by atoms with Gasteiger partial charge in [0.15, 0.2) is 5.82 Å². The summed E-state index contributed by atoms with van der Waals surface area (Å²) in [7, 11) is 0. The van der Waals surface area contributed by atoms with E-state index in [0.29, 0.717) is 5.76 Å². The van der Waals surface area contributed by atoms with Gasteiger partial charge in [0.05, 0.1) is 17.3 Å². The number of rotatable bonds is 3. The highest BCUT2D eigenvalue weighted by Crippen LogP contribution is 2.27. The highest BCUT2D eigenvalue weighted by molar-refractivity contribution is 6.33. The van der Waals surface area contributed by atoms with Crippen molar-refractivity contribution >= 4 is 28.3 Å². The first kappa shape index (κ1) is 12.9. The van der Waals surface area contributed by atoms with Crippen LogP contribution in [0.25, 0.3) is 11.0 Å². The van der Waals surface area contributed by atoms with Crippen molar-refractivity contribution in [1.82, 2.24) is 0 Å². The third kappa shape index (κ3) is 2.47.